The molecule has 2 amide bonds. The van der Waals surface area contributed by atoms with Gasteiger partial charge in [0.05, 0.1) is 12.1 Å². The van der Waals surface area contributed by atoms with Gasteiger partial charge in [-0.2, -0.15) is 0 Å². The first-order valence-corrected chi connectivity index (χ1v) is 13.1. The van der Waals surface area contributed by atoms with Crippen molar-refractivity contribution in [1.29, 1.82) is 0 Å². The molecule has 0 saturated carbocycles. The third-order valence-corrected chi connectivity index (χ3v) is 6.56. The molecule has 0 spiro atoms. The van der Waals surface area contributed by atoms with Crippen molar-refractivity contribution < 1.29 is 19.1 Å². The van der Waals surface area contributed by atoms with E-state index < -0.39 is 6.04 Å². The van der Waals surface area contributed by atoms with Crippen LogP contribution in [0, 0.1) is 0 Å². The van der Waals surface area contributed by atoms with Gasteiger partial charge in [-0.15, -0.1) is 0 Å². The number of methoxy groups -OCH3 is 1. The van der Waals surface area contributed by atoms with Crippen LogP contribution in [0.4, 0.5) is 0 Å². The maximum absolute atomic E-state index is 13.7. The van der Waals surface area contributed by atoms with Crippen LogP contribution in [0.3, 0.4) is 0 Å². The zero-order chi connectivity index (χ0) is 27.5. The highest BCUT2D eigenvalue weighted by Gasteiger charge is 2.31. The average Bonchev–Trinajstić information content (AvgIpc) is 2.98. The van der Waals surface area contributed by atoms with Gasteiger partial charge >= 0.3 is 0 Å². The van der Waals surface area contributed by atoms with E-state index in [2.05, 4.69) is 5.32 Å². The minimum atomic E-state index is -0.857. The van der Waals surface area contributed by atoms with Gasteiger partial charge in [-0.25, -0.2) is 0 Å². The van der Waals surface area contributed by atoms with Crippen molar-refractivity contribution in [2.45, 2.75) is 19.0 Å². The molecule has 0 radical (unpaired) electrons. The standard InChI is InChI=1S/C32H31ClN2O4/c1-38-27-18-16-24(17-19-27)20-21-34-32(37)31(26-12-6-3-7-13-26)35(22-25-10-4-2-5-11-25)30(36)23-39-29-15-9-8-14-28(29)33/h2-19,31H,20-23H2,1H3,(H,34,37). The summed E-state index contributed by atoms with van der Waals surface area (Å²) in [4.78, 5) is 28.9. The van der Waals surface area contributed by atoms with Gasteiger partial charge in [0, 0.05) is 13.1 Å². The Morgan fingerprint density at radius 2 is 1.46 bits per heavy atom. The Balaban J connectivity index is 1.56. The lowest BCUT2D eigenvalue weighted by molar-refractivity contribution is -0.143. The Morgan fingerprint density at radius 1 is 0.821 bits per heavy atom. The van der Waals surface area contributed by atoms with Crippen LogP contribution in [0.15, 0.2) is 109 Å². The minimum absolute atomic E-state index is 0.233. The number of benzene rings is 4. The molecule has 200 valence electrons. The lowest BCUT2D eigenvalue weighted by atomic mass is 10.0. The molecule has 0 aliphatic rings. The maximum atomic E-state index is 13.7. The molecule has 0 aliphatic carbocycles. The van der Waals surface area contributed by atoms with Crippen molar-refractivity contribution in [2.24, 2.45) is 0 Å². The Kier molecular flexibility index (Phi) is 9.98. The first-order valence-electron chi connectivity index (χ1n) is 12.7. The van der Waals surface area contributed by atoms with E-state index in [9.17, 15) is 9.59 Å². The highest BCUT2D eigenvalue weighted by Crippen LogP contribution is 2.26. The molecule has 4 aromatic carbocycles. The fraction of sp³-hybridized carbons (Fsp3) is 0.188. The van der Waals surface area contributed by atoms with Crippen molar-refractivity contribution in [2.75, 3.05) is 20.3 Å². The maximum Gasteiger partial charge on any atom is 0.261 e. The first-order chi connectivity index (χ1) is 19.0. The number of carbonyl (C=O) groups is 2. The summed E-state index contributed by atoms with van der Waals surface area (Å²) < 4.78 is 11.0. The number of halogens is 1. The molecular formula is C32H31ClN2O4. The van der Waals surface area contributed by atoms with Crippen LogP contribution in [0.25, 0.3) is 0 Å². The summed E-state index contributed by atoms with van der Waals surface area (Å²) in [5.74, 6) is 0.586. The van der Waals surface area contributed by atoms with E-state index in [0.717, 1.165) is 16.9 Å². The second-order valence-corrected chi connectivity index (χ2v) is 9.34. The zero-order valence-corrected chi connectivity index (χ0v) is 22.5. The number of nitrogens with one attached hydrogen (secondary N) is 1. The smallest absolute Gasteiger partial charge is 0.261 e. The van der Waals surface area contributed by atoms with Gasteiger partial charge < -0.3 is 19.7 Å². The van der Waals surface area contributed by atoms with Crippen molar-refractivity contribution in [3.8, 4) is 11.5 Å². The second kappa shape index (κ2) is 14.0. The minimum Gasteiger partial charge on any atom is -0.497 e. The molecule has 4 rings (SSSR count). The van der Waals surface area contributed by atoms with Crippen LogP contribution < -0.4 is 14.8 Å². The van der Waals surface area contributed by atoms with Gasteiger partial charge in [-0.05, 0) is 47.4 Å². The summed E-state index contributed by atoms with van der Waals surface area (Å²) >= 11 is 6.23. The van der Waals surface area contributed by atoms with Gasteiger partial charge in [-0.1, -0.05) is 96.5 Å². The summed E-state index contributed by atoms with van der Waals surface area (Å²) in [5.41, 5.74) is 2.68. The van der Waals surface area contributed by atoms with E-state index in [4.69, 9.17) is 21.1 Å². The average molecular weight is 543 g/mol. The molecule has 0 bridgehead atoms. The number of amides is 2. The topological polar surface area (TPSA) is 67.9 Å². The van der Waals surface area contributed by atoms with E-state index in [0.29, 0.717) is 29.3 Å². The Hall–Kier alpha value is -4.29. The quantitative estimate of drug-likeness (QED) is 0.244. The van der Waals surface area contributed by atoms with Gasteiger partial charge in [0.15, 0.2) is 6.61 Å². The number of hydrogen-bond acceptors (Lipinski definition) is 4. The number of hydrogen-bond donors (Lipinski definition) is 1. The van der Waals surface area contributed by atoms with Crippen molar-refractivity contribution >= 4 is 23.4 Å². The fourth-order valence-corrected chi connectivity index (χ4v) is 4.41. The first kappa shape index (κ1) is 27.7. The fourth-order valence-electron chi connectivity index (χ4n) is 4.21. The van der Waals surface area contributed by atoms with Crippen LogP contribution in [0.1, 0.15) is 22.7 Å². The molecule has 1 unspecified atom stereocenters. The number of para-hydroxylation sites is 1. The normalized spacial score (nSPS) is 11.3. The third kappa shape index (κ3) is 7.85. The number of rotatable bonds is 12. The van der Waals surface area contributed by atoms with Gasteiger partial charge in [0.2, 0.25) is 5.91 Å². The van der Waals surface area contributed by atoms with Gasteiger partial charge in [0.1, 0.15) is 17.5 Å². The molecule has 1 N–H and O–H groups in total. The summed E-state index contributed by atoms with van der Waals surface area (Å²) in [7, 11) is 1.63. The summed E-state index contributed by atoms with van der Waals surface area (Å²) in [6.45, 7) is 0.383. The summed E-state index contributed by atoms with van der Waals surface area (Å²) in [5, 5.41) is 3.45. The molecule has 7 heteroatoms. The Morgan fingerprint density at radius 3 is 2.13 bits per heavy atom. The Labute approximate surface area is 234 Å². The van der Waals surface area contributed by atoms with Gasteiger partial charge in [-0.3, -0.25) is 9.59 Å². The molecule has 0 aromatic heterocycles. The third-order valence-electron chi connectivity index (χ3n) is 6.25. The van der Waals surface area contributed by atoms with E-state index >= 15 is 0 Å². The molecule has 0 fully saturated rings. The highest BCUT2D eigenvalue weighted by molar-refractivity contribution is 6.32. The zero-order valence-electron chi connectivity index (χ0n) is 21.8. The molecule has 1 atom stereocenters. The molecule has 0 saturated heterocycles. The van der Waals surface area contributed by atoms with Crippen molar-refractivity contribution in [1.82, 2.24) is 10.2 Å². The second-order valence-electron chi connectivity index (χ2n) is 8.93. The molecular weight excluding hydrogens is 512 g/mol. The number of carbonyl (C=O) groups excluding carboxylic acids is 2. The largest absolute Gasteiger partial charge is 0.497 e. The van der Waals surface area contributed by atoms with Crippen LogP contribution in [0.2, 0.25) is 5.02 Å². The lowest BCUT2D eigenvalue weighted by Crippen LogP contribution is -2.45. The van der Waals surface area contributed by atoms with E-state index in [1.165, 1.54) is 0 Å². The summed E-state index contributed by atoms with van der Waals surface area (Å²) in [6, 6.07) is 32.7. The predicted octanol–water partition coefficient (Wildman–Crippen LogP) is 5.86. The predicted molar refractivity (Wildman–Crippen MR) is 153 cm³/mol. The van der Waals surface area contributed by atoms with E-state index in [-0.39, 0.29) is 25.0 Å². The highest BCUT2D eigenvalue weighted by atomic mass is 35.5. The van der Waals surface area contributed by atoms with Crippen molar-refractivity contribution in [3.05, 3.63) is 131 Å². The van der Waals surface area contributed by atoms with Crippen LogP contribution in [0.5, 0.6) is 11.5 Å². The Bertz CT molecular complexity index is 1350. The number of ether oxygens (including phenoxy) is 2. The number of nitrogens with zero attached hydrogens (tertiary/aromatic N) is 1. The monoisotopic (exact) mass is 542 g/mol. The van der Waals surface area contributed by atoms with E-state index in [1.54, 1.807) is 36.3 Å². The molecule has 0 heterocycles. The molecule has 39 heavy (non-hydrogen) atoms. The van der Waals surface area contributed by atoms with Gasteiger partial charge in [0.25, 0.3) is 5.91 Å². The lowest BCUT2D eigenvalue weighted by Gasteiger charge is -2.31. The van der Waals surface area contributed by atoms with Crippen molar-refractivity contribution in [3.63, 3.8) is 0 Å². The van der Waals surface area contributed by atoms with Crippen LogP contribution >= 0.6 is 11.6 Å². The van der Waals surface area contributed by atoms with E-state index in [1.807, 2.05) is 84.9 Å². The molecule has 0 aliphatic heterocycles. The summed E-state index contributed by atoms with van der Waals surface area (Å²) in [6.07, 6.45) is 0.638. The SMILES string of the molecule is COc1ccc(CCNC(=O)C(c2ccccc2)N(Cc2ccccc2)C(=O)COc2ccccc2Cl)cc1. The van der Waals surface area contributed by atoms with Crippen LogP contribution in [-0.2, 0) is 22.6 Å². The molecule has 6 nitrogen and oxygen atoms in total. The molecule has 4 aromatic rings. The van der Waals surface area contributed by atoms with Crippen LogP contribution in [-0.4, -0.2) is 37.0 Å².